The second kappa shape index (κ2) is 3.25. The molecule has 1 spiro atoms. The van der Waals surface area contributed by atoms with Crippen LogP contribution < -0.4 is 0 Å². The van der Waals surface area contributed by atoms with Gasteiger partial charge >= 0.3 is 0 Å². The minimum atomic E-state index is 0.440. The lowest BCUT2D eigenvalue weighted by atomic mass is 9.64. The van der Waals surface area contributed by atoms with Crippen LogP contribution in [0.2, 0.25) is 0 Å². The molecule has 1 saturated carbocycles. The maximum Gasteiger partial charge on any atom is 0.0544 e. The van der Waals surface area contributed by atoms with E-state index in [9.17, 15) is 0 Å². The smallest absolute Gasteiger partial charge is 0.0544 e. The van der Waals surface area contributed by atoms with Crippen LogP contribution in [-0.2, 0) is 9.47 Å². The van der Waals surface area contributed by atoms with Crippen LogP contribution in [0.1, 0.15) is 32.6 Å². The Kier molecular flexibility index (Phi) is 2.37. The first-order chi connectivity index (χ1) is 6.18. The lowest BCUT2D eigenvalue weighted by molar-refractivity contribution is -0.148. The summed E-state index contributed by atoms with van der Waals surface area (Å²) >= 11 is 0. The molecule has 0 radical (unpaired) electrons. The normalized spacial score (nSPS) is 30.0. The Labute approximate surface area is 80.6 Å². The van der Waals surface area contributed by atoms with Gasteiger partial charge in [0.1, 0.15) is 0 Å². The van der Waals surface area contributed by atoms with Crippen molar-refractivity contribution in [2.24, 2.45) is 10.8 Å². The lowest BCUT2D eigenvalue weighted by Crippen LogP contribution is -2.47. The van der Waals surface area contributed by atoms with Crippen LogP contribution in [0.4, 0.5) is 0 Å². The Morgan fingerprint density at radius 1 is 1.15 bits per heavy atom. The average molecular weight is 184 g/mol. The van der Waals surface area contributed by atoms with E-state index in [1.807, 2.05) is 7.11 Å². The van der Waals surface area contributed by atoms with Gasteiger partial charge in [-0.15, -0.1) is 0 Å². The highest BCUT2D eigenvalue weighted by atomic mass is 16.5. The zero-order valence-electron chi connectivity index (χ0n) is 8.77. The second-order valence-electron chi connectivity index (χ2n) is 5.24. The molecule has 0 aromatic carbocycles. The molecule has 0 bridgehead atoms. The number of rotatable bonds is 2. The first-order valence-electron chi connectivity index (χ1n) is 5.25. The third-order valence-corrected chi connectivity index (χ3v) is 3.83. The van der Waals surface area contributed by atoms with Gasteiger partial charge in [-0.25, -0.2) is 0 Å². The zero-order valence-corrected chi connectivity index (χ0v) is 8.77. The molecule has 0 aromatic heterocycles. The van der Waals surface area contributed by atoms with Gasteiger partial charge < -0.3 is 9.47 Å². The monoisotopic (exact) mass is 184 g/mol. The van der Waals surface area contributed by atoms with E-state index in [-0.39, 0.29) is 0 Å². The Balaban J connectivity index is 1.87. The van der Waals surface area contributed by atoms with Crippen molar-refractivity contribution in [3.63, 3.8) is 0 Å². The van der Waals surface area contributed by atoms with Gasteiger partial charge in [0.2, 0.25) is 0 Å². The molecule has 2 nitrogen and oxygen atoms in total. The standard InChI is InChI=1S/C11H20O2/c1-10(7-12-2)3-5-11(6-4-10)8-13-9-11/h3-9H2,1-2H3. The zero-order chi connectivity index (χ0) is 9.36. The molecule has 0 unspecified atom stereocenters. The molecular formula is C11H20O2. The fourth-order valence-corrected chi connectivity index (χ4v) is 2.56. The van der Waals surface area contributed by atoms with E-state index < -0.39 is 0 Å². The second-order valence-corrected chi connectivity index (χ2v) is 5.24. The summed E-state index contributed by atoms with van der Waals surface area (Å²) in [5, 5.41) is 0. The van der Waals surface area contributed by atoms with Crippen LogP contribution in [0.3, 0.4) is 0 Å². The highest BCUT2D eigenvalue weighted by Gasteiger charge is 2.44. The Bertz CT molecular complexity index is 175. The van der Waals surface area contributed by atoms with E-state index in [4.69, 9.17) is 9.47 Å². The van der Waals surface area contributed by atoms with Gasteiger partial charge in [0.15, 0.2) is 0 Å². The Hall–Kier alpha value is -0.0800. The van der Waals surface area contributed by atoms with Gasteiger partial charge in [0, 0.05) is 12.5 Å². The molecule has 0 aromatic rings. The fourth-order valence-electron chi connectivity index (χ4n) is 2.56. The maximum absolute atomic E-state index is 5.31. The Morgan fingerprint density at radius 2 is 1.77 bits per heavy atom. The summed E-state index contributed by atoms with van der Waals surface area (Å²) in [6, 6.07) is 0. The van der Waals surface area contributed by atoms with Crippen molar-refractivity contribution in [3.05, 3.63) is 0 Å². The van der Waals surface area contributed by atoms with Gasteiger partial charge in [-0.2, -0.15) is 0 Å². The molecule has 2 rings (SSSR count). The molecule has 1 aliphatic carbocycles. The SMILES string of the molecule is COCC1(C)CCC2(CC1)COC2. The minimum absolute atomic E-state index is 0.440. The number of hydrogen-bond acceptors (Lipinski definition) is 2. The average Bonchev–Trinajstić information content (AvgIpc) is 2.03. The van der Waals surface area contributed by atoms with Gasteiger partial charge in [-0.3, -0.25) is 0 Å². The molecule has 2 fully saturated rings. The van der Waals surface area contributed by atoms with Gasteiger partial charge in [-0.1, -0.05) is 6.92 Å². The number of methoxy groups -OCH3 is 1. The van der Waals surface area contributed by atoms with Crippen LogP contribution in [0.25, 0.3) is 0 Å². The van der Waals surface area contributed by atoms with Gasteiger partial charge in [-0.05, 0) is 31.1 Å². The van der Waals surface area contributed by atoms with E-state index >= 15 is 0 Å². The van der Waals surface area contributed by atoms with Gasteiger partial charge in [0.25, 0.3) is 0 Å². The van der Waals surface area contributed by atoms with Crippen LogP contribution in [0.5, 0.6) is 0 Å². The van der Waals surface area contributed by atoms with E-state index in [2.05, 4.69) is 6.92 Å². The van der Waals surface area contributed by atoms with E-state index in [1.165, 1.54) is 25.7 Å². The predicted molar refractivity (Wildman–Crippen MR) is 51.7 cm³/mol. The van der Waals surface area contributed by atoms with Crippen molar-refractivity contribution in [3.8, 4) is 0 Å². The third kappa shape index (κ3) is 1.75. The Morgan fingerprint density at radius 3 is 2.15 bits per heavy atom. The predicted octanol–water partition coefficient (Wildman–Crippen LogP) is 2.23. The highest BCUT2D eigenvalue weighted by molar-refractivity contribution is 4.94. The van der Waals surface area contributed by atoms with Crippen molar-refractivity contribution in [2.75, 3.05) is 26.9 Å². The van der Waals surface area contributed by atoms with Crippen molar-refractivity contribution in [1.82, 2.24) is 0 Å². The largest absolute Gasteiger partial charge is 0.384 e. The number of hydrogen-bond donors (Lipinski definition) is 0. The summed E-state index contributed by atoms with van der Waals surface area (Å²) in [4.78, 5) is 0. The third-order valence-electron chi connectivity index (χ3n) is 3.83. The summed E-state index contributed by atoms with van der Waals surface area (Å²) in [7, 11) is 1.81. The van der Waals surface area contributed by atoms with Crippen LogP contribution in [0, 0.1) is 10.8 Å². The van der Waals surface area contributed by atoms with Crippen LogP contribution >= 0.6 is 0 Å². The van der Waals surface area contributed by atoms with E-state index in [0.29, 0.717) is 10.8 Å². The molecule has 2 aliphatic rings. The molecule has 76 valence electrons. The molecule has 2 heteroatoms. The topological polar surface area (TPSA) is 18.5 Å². The lowest BCUT2D eigenvalue weighted by Gasteiger charge is -2.49. The summed E-state index contributed by atoms with van der Waals surface area (Å²) < 4.78 is 10.6. The summed E-state index contributed by atoms with van der Waals surface area (Å²) in [5.41, 5.74) is 1.02. The number of ether oxygens (including phenoxy) is 2. The first-order valence-corrected chi connectivity index (χ1v) is 5.25. The van der Waals surface area contributed by atoms with Crippen LogP contribution in [0.15, 0.2) is 0 Å². The van der Waals surface area contributed by atoms with E-state index in [1.54, 1.807) is 0 Å². The molecule has 0 amide bonds. The quantitative estimate of drug-likeness (QED) is 0.655. The van der Waals surface area contributed by atoms with Crippen molar-refractivity contribution in [2.45, 2.75) is 32.6 Å². The summed E-state index contributed by atoms with van der Waals surface area (Å²) in [6.45, 7) is 5.29. The molecule has 1 heterocycles. The molecule has 1 saturated heterocycles. The molecule has 1 aliphatic heterocycles. The summed E-state index contributed by atoms with van der Waals surface area (Å²) in [6.07, 6.45) is 5.30. The molecule has 13 heavy (non-hydrogen) atoms. The summed E-state index contributed by atoms with van der Waals surface area (Å²) in [5.74, 6) is 0. The minimum Gasteiger partial charge on any atom is -0.384 e. The maximum atomic E-state index is 5.31. The fraction of sp³-hybridized carbons (Fsp3) is 1.00. The van der Waals surface area contributed by atoms with Gasteiger partial charge in [0.05, 0.1) is 19.8 Å². The van der Waals surface area contributed by atoms with Crippen molar-refractivity contribution in [1.29, 1.82) is 0 Å². The van der Waals surface area contributed by atoms with Crippen molar-refractivity contribution < 1.29 is 9.47 Å². The van der Waals surface area contributed by atoms with E-state index in [0.717, 1.165) is 19.8 Å². The molecule has 0 N–H and O–H groups in total. The first kappa shape index (κ1) is 9.47. The molecular weight excluding hydrogens is 164 g/mol. The molecule has 0 atom stereocenters. The highest BCUT2D eigenvalue weighted by Crippen LogP contribution is 2.48. The van der Waals surface area contributed by atoms with Crippen LogP contribution in [-0.4, -0.2) is 26.9 Å². The van der Waals surface area contributed by atoms with Crippen molar-refractivity contribution >= 4 is 0 Å².